The fraction of sp³-hybridized carbons (Fsp3) is 0.0400. The van der Waals surface area contributed by atoms with Crippen molar-refractivity contribution in [2.24, 2.45) is 0 Å². The molecule has 0 radical (unpaired) electrons. The maximum Gasteiger partial charge on any atom is 0.221 e. The normalized spacial score (nSPS) is 11.6. The molecule has 2 N–H and O–H groups in total. The lowest BCUT2D eigenvalue weighted by molar-refractivity contribution is 0.103. The zero-order chi connectivity index (χ0) is 19.8. The summed E-state index contributed by atoms with van der Waals surface area (Å²) in [7, 11) is 0. The molecule has 0 amide bonds. The average molecular weight is 377 g/mol. The summed E-state index contributed by atoms with van der Waals surface area (Å²) >= 11 is 0. The molecular weight excluding hydrogens is 358 g/mol. The topological polar surface area (TPSA) is 61.5 Å². The number of rotatable bonds is 4. The number of hydrogen-bond donors (Lipinski definition) is 2. The van der Waals surface area contributed by atoms with Gasteiger partial charge in [-0.15, -0.1) is 0 Å². The minimum absolute atomic E-state index is 0.151. The van der Waals surface area contributed by atoms with E-state index in [1.54, 1.807) is 6.08 Å². The van der Waals surface area contributed by atoms with Gasteiger partial charge in [-0.05, 0) is 48.9 Å². The highest BCUT2D eigenvalue weighted by molar-refractivity contribution is 6.08. The molecule has 3 aromatic carbocycles. The number of hydrogen-bond acceptors (Lipinski definition) is 2. The van der Waals surface area contributed by atoms with Gasteiger partial charge in [-0.1, -0.05) is 54.1 Å². The van der Waals surface area contributed by atoms with Gasteiger partial charge in [0, 0.05) is 16.5 Å². The van der Waals surface area contributed by atoms with Crippen molar-refractivity contribution in [1.29, 1.82) is 0 Å². The Labute approximate surface area is 167 Å². The summed E-state index contributed by atoms with van der Waals surface area (Å²) in [5.74, 6) is 0.196. The van der Waals surface area contributed by atoms with E-state index in [4.69, 9.17) is 0 Å². The van der Waals surface area contributed by atoms with Gasteiger partial charge in [0.05, 0.1) is 16.7 Å². The molecule has 0 saturated carbocycles. The number of H-pyrrole nitrogens is 2. The van der Waals surface area contributed by atoms with Crippen molar-refractivity contribution in [2.75, 3.05) is 0 Å². The number of ketones is 1. The van der Waals surface area contributed by atoms with Gasteiger partial charge in [0.2, 0.25) is 5.78 Å². The largest absolute Gasteiger partial charge is 0.354 e. The molecular formula is C25H19N3O. The van der Waals surface area contributed by atoms with Crippen LogP contribution in [0.2, 0.25) is 0 Å². The fourth-order valence-corrected chi connectivity index (χ4v) is 3.64. The number of imidazole rings is 1. The van der Waals surface area contributed by atoms with Crippen LogP contribution < -0.4 is 0 Å². The highest BCUT2D eigenvalue weighted by Crippen LogP contribution is 2.32. The third-order valence-corrected chi connectivity index (χ3v) is 5.08. The van der Waals surface area contributed by atoms with E-state index < -0.39 is 0 Å². The molecule has 5 aromatic rings. The van der Waals surface area contributed by atoms with Crippen molar-refractivity contribution in [3.63, 3.8) is 0 Å². The maximum atomic E-state index is 12.8. The van der Waals surface area contributed by atoms with E-state index in [1.807, 2.05) is 48.5 Å². The number of nitrogens with zero attached hydrogens (tertiary/aromatic N) is 1. The summed E-state index contributed by atoms with van der Waals surface area (Å²) in [4.78, 5) is 23.8. The quantitative estimate of drug-likeness (QED) is 0.302. The predicted molar refractivity (Wildman–Crippen MR) is 118 cm³/mol. The summed E-state index contributed by atoms with van der Waals surface area (Å²) in [5.41, 5.74) is 6.95. The Morgan fingerprint density at radius 2 is 1.69 bits per heavy atom. The predicted octanol–water partition coefficient (Wildman–Crippen LogP) is 5.92. The second kappa shape index (κ2) is 6.91. The van der Waals surface area contributed by atoms with Crippen LogP contribution in [0.3, 0.4) is 0 Å². The summed E-state index contributed by atoms with van der Waals surface area (Å²) in [5, 5.41) is 1.09. The zero-order valence-corrected chi connectivity index (χ0v) is 15.9. The number of aryl methyl sites for hydroxylation is 1. The lowest BCUT2D eigenvalue weighted by Crippen LogP contribution is -1.96. The van der Waals surface area contributed by atoms with Crippen molar-refractivity contribution in [1.82, 2.24) is 15.0 Å². The molecule has 0 aliphatic heterocycles. The number of carbonyl (C=O) groups excluding carboxylic acids is 1. The summed E-state index contributed by atoms with van der Waals surface area (Å²) in [6.45, 7) is 2.07. The lowest BCUT2D eigenvalue weighted by atomic mass is 10.0. The first-order chi connectivity index (χ1) is 14.2. The van der Waals surface area contributed by atoms with Crippen LogP contribution in [0.5, 0.6) is 0 Å². The van der Waals surface area contributed by atoms with Gasteiger partial charge in [-0.2, -0.15) is 0 Å². The van der Waals surface area contributed by atoms with Gasteiger partial charge >= 0.3 is 0 Å². The van der Waals surface area contributed by atoms with E-state index >= 15 is 0 Å². The number of nitrogens with one attached hydrogen (secondary N) is 2. The SMILES string of the molecule is Cc1ccc2[nH]c(-c3ccccc3)c(/C=C\C(=O)c3nc4ccccc4[nH]3)c2c1. The van der Waals surface area contributed by atoms with Crippen molar-refractivity contribution in [3.05, 3.63) is 95.8 Å². The Morgan fingerprint density at radius 1 is 0.897 bits per heavy atom. The van der Waals surface area contributed by atoms with Crippen LogP contribution in [-0.4, -0.2) is 20.7 Å². The molecule has 4 nitrogen and oxygen atoms in total. The van der Waals surface area contributed by atoms with Crippen molar-refractivity contribution < 1.29 is 4.79 Å². The van der Waals surface area contributed by atoms with E-state index in [2.05, 4.69) is 52.2 Å². The molecule has 0 fully saturated rings. The fourth-order valence-electron chi connectivity index (χ4n) is 3.64. The van der Waals surface area contributed by atoms with Crippen LogP contribution in [0.15, 0.2) is 78.9 Å². The molecule has 2 aromatic heterocycles. The van der Waals surface area contributed by atoms with Gasteiger partial charge in [-0.25, -0.2) is 4.98 Å². The summed E-state index contributed by atoms with van der Waals surface area (Å²) in [6, 6.07) is 24.1. The van der Waals surface area contributed by atoms with Gasteiger partial charge in [0.1, 0.15) is 0 Å². The molecule has 0 atom stereocenters. The molecule has 0 saturated heterocycles. The summed E-state index contributed by atoms with van der Waals surface area (Å²) < 4.78 is 0. The Kier molecular flexibility index (Phi) is 4.10. The highest BCUT2D eigenvalue weighted by atomic mass is 16.1. The molecule has 2 heterocycles. The Balaban J connectivity index is 1.60. The number of carbonyl (C=O) groups is 1. The van der Waals surface area contributed by atoms with E-state index in [9.17, 15) is 4.79 Å². The first kappa shape index (κ1) is 17.2. The highest BCUT2D eigenvalue weighted by Gasteiger charge is 2.13. The Hall–Kier alpha value is -3.92. The number of fused-ring (bicyclic) bond motifs is 2. The molecule has 140 valence electrons. The van der Waals surface area contributed by atoms with Gasteiger partial charge in [-0.3, -0.25) is 4.79 Å². The van der Waals surface area contributed by atoms with Crippen molar-refractivity contribution in [3.8, 4) is 11.3 Å². The third kappa shape index (κ3) is 3.15. The molecule has 0 aliphatic rings. The average Bonchev–Trinajstić information content (AvgIpc) is 3.34. The molecule has 0 spiro atoms. The third-order valence-electron chi connectivity index (χ3n) is 5.08. The monoisotopic (exact) mass is 377 g/mol. The van der Waals surface area contributed by atoms with Gasteiger partial charge < -0.3 is 9.97 Å². The van der Waals surface area contributed by atoms with Crippen LogP contribution in [0.25, 0.3) is 39.3 Å². The second-order valence-electron chi connectivity index (χ2n) is 7.13. The van der Waals surface area contributed by atoms with Crippen LogP contribution in [0, 0.1) is 6.92 Å². The number of benzene rings is 3. The Morgan fingerprint density at radius 3 is 2.52 bits per heavy atom. The van der Waals surface area contributed by atoms with Gasteiger partial charge in [0.15, 0.2) is 5.82 Å². The van der Waals surface area contributed by atoms with Crippen LogP contribution in [0.1, 0.15) is 21.7 Å². The Bertz CT molecular complexity index is 1340. The molecule has 4 heteroatoms. The standard InChI is InChI=1S/C25H19N3O/c1-16-11-13-20-19(15-16)18(24(26-20)17-7-3-2-4-8-17)12-14-23(29)25-27-21-9-5-6-10-22(21)28-25/h2-15,26H,1H3,(H,27,28)/b14-12-. The van der Waals surface area contributed by atoms with E-state index in [0.29, 0.717) is 5.82 Å². The first-order valence-corrected chi connectivity index (χ1v) is 9.54. The molecule has 0 bridgehead atoms. The lowest BCUT2D eigenvalue weighted by Gasteiger charge is -2.01. The number of aromatic amines is 2. The number of aromatic nitrogens is 3. The molecule has 0 aliphatic carbocycles. The smallest absolute Gasteiger partial charge is 0.221 e. The van der Waals surface area contributed by atoms with Gasteiger partial charge in [0.25, 0.3) is 0 Å². The maximum absolute atomic E-state index is 12.8. The first-order valence-electron chi connectivity index (χ1n) is 9.54. The summed E-state index contributed by atoms with van der Waals surface area (Å²) in [6.07, 6.45) is 3.48. The van der Waals surface area contributed by atoms with E-state index in [0.717, 1.165) is 38.8 Å². The zero-order valence-electron chi connectivity index (χ0n) is 15.9. The molecule has 0 unspecified atom stereocenters. The van der Waals surface area contributed by atoms with Crippen LogP contribution >= 0.6 is 0 Å². The van der Waals surface area contributed by atoms with Crippen LogP contribution in [-0.2, 0) is 0 Å². The molecule has 5 rings (SSSR count). The minimum Gasteiger partial charge on any atom is -0.354 e. The minimum atomic E-state index is -0.151. The van der Waals surface area contributed by atoms with Crippen molar-refractivity contribution >= 4 is 33.8 Å². The van der Waals surface area contributed by atoms with Crippen molar-refractivity contribution in [2.45, 2.75) is 6.92 Å². The van der Waals surface area contributed by atoms with Crippen LogP contribution in [0.4, 0.5) is 0 Å². The number of para-hydroxylation sites is 2. The van der Waals surface area contributed by atoms with E-state index in [1.165, 1.54) is 5.56 Å². The number of allylic oxidation sites excluding steroid dienone is 1. The second-order valence-corrected chi connectivity index (χ2v) is 7.13. The molecule has 29 heavy (non-hydrogen) atoms. The van der Waals surface area contributed by atoms with E-state index in [-0.39, 0.29) is 5.78 Å².